The predicted octanol–water partition coefficient (Wildman–Crippen LogP) is 2.03. The van der Waals surface area contributed by atoms with Gasteiger partial charge in [-0.15, -0.1) is 0 Å². The number of methoxy groups -OCH3 is 4. The van der Waals surface area contributed by atoms with Crippen LogP contribution in [0.15, 0.2) is 36.4 Å². The minimum Gasteiger partial charge on any atom is -0.497 e. The molecule has 0 fully saturated rings. The fourth-order valence-electron chi connectivity index (χ4n) is 2.58. The Labute approximate surface area is 143 Å². The van der Waals surface area contributed by atoms with Crippen LogP contribution in [0, 0.1) is 0 Å². The Morgan fingerprint density at radius 3 is 1.88 bits per heavy atom. The lowest BCUT2D eigenvalue weighted by Crippen LogP contribution is -2.83. The molecule has 0 aromatic heterocycles. The summed E-state index contributed by atoms with van der Waals surface area (Å²) in [5.74, 6) is 2.90. The van der Waals surface area contributed by atoms with E-state index in [1.807, 2.05) is 24.3 Å². The van der Waals surface area contributed by atoms with Crippen LogP contribution in [0.3, 0.4) is 0 Å². The largest absolute Gasteiger partial charge is 0.497 e. The second kappa shape index (κ2) is 9.03. The molecule has 24 heavy (non-hydrogen) atoms. The first kappa shape index (κ1) is 17.9. The lowest BCUT2D eigenvalue weighted by Gasteiger charge is -2.13. The van der Waals surface area contributed by atoms with Crippen molar-refractivity contribution in [2.24, 2.45) is 0 Å². The van der Waals surface area contributed by atoms with Crippen LogP contribution in [0.4, 0.5) is 0 Å². The highest BCUT2D eigenvalue weighted by molar-refractivity contribution is 5.53. The van der Waals surface area contributed by atoms with Gasteiger partial charge in [0, 0.05) is 12.0 Å². The van der Waals surface area contributed by atoms with Crippen molar-refractivity contribution in [2.75, 3.05) is 35.0 Å². The third-order valence-electron chi connectivity index (χ3n) is 3.90. The van der Waals surface area contributed by atoms with Gasteiger partial charge in [-0.25, -0.2) is 0 Å². The van der Waals surface area contributed by atoms with Crippen molar-refractivity contribution in [2.45, 2.75) is 13.0 Å². The molecule has 0 bridgehead atoms. The third-order valence-corrected chi connectivity index (χ3v) is 3.90. The summed E-state index contributed by atoms with van der Waals surface area (Å²) >= 11 is 0. The van der Waals surface area contributed by atoms with E-state index in [4.69, 9.17) is 18.9 Å². The fraction of sp³-hybridized carbons (Fsp3) is 0.368. The average molecular weight is 332 g/mol. The molecule has 0 aliphatic heterocycles. The third kappa shape index (κ3) is 4.55. The van der Waals surface area contributed by atoms with Crippen molar-refractivity contribution in [1.29, 1.82) is 0 Å². The van der Waals surface area contributed by atoms with Gasteiger partial charge < -0.3 is 24.3 Å². The van der Waals surface area contributed by atoms with Crippen LogP contribution in [-0.2, 0) is 13.0 Å². The predicted molar refractivity (Wildman–Crippen MR) is 93.3 cm³/mol. The van der Waals surface area contributed by atoms with Crippen molar-refractivity contribution in [1.82, 2.24) is 0 Å². The van der Waals surface area contributed by atoms with Gasteiger partial charge in [-0.1, -0.05) is 12.1 Å². The molecule has 2 N–H and O–H groups in total. The highest BCUT2D eigenvalue weighted by Gasteiger charge is 2.13. The van der Waals surface area contributed by atoms with Gasteiger partial charge in [-0.3, -0.25) is 0 Å². The smallest absolute Gasteiger partial charge is 0.203 e. The van der Waals surface area contributed by atoms with Crippen LogP contribution in [0.5, 0.6) is 23.0 Å². The Bertz CT molecular complexity index is 615. The summed E-state index contributed by atoms with van der Waals surface area (Å²) in [6, 6.07) is 12.2. The van der Waals surface area contributed by atoms with Gasteiger partial charge in [0.05, 0.1) is 35.0 Å². The van der Waals surface area contributed by atoms with E-state index in [-0.39, 0.29) is 0 Å². The number of hydrogen-bond donors (Lipinski definition) is 1. The zero-order valence-corrected chi connectivity index (χ0v) is 14.8. The number of rotatable bonds is 9. The molecule has 0 amide bonds. The molecule has 2 aromatic rings. The number of hydrogen-bond acceptors (Lipinski definition) is 4. The average Bonchev–Trinajstić information content (AvgIpc) is 2.64. The van der Waals surface area contributed by atoms with Crippen molar-refractivity contribution in [3.63, 3.8) is 0 Å². The minimum atomic E-state index is 0.627. The van der Waals surface area contributed by atoms with Crippen molar-refractivity contribution < 1.29 is 24.3 Å². The number of benzene rings is 2. The lowest BCUT2D eigenvalue weighted by molar-refractivity contribution is -0.670. The molecular weight excluding hydrogens is 306 g/mol. The molecule has 0 saturated carbocycles. The summed E-state index contributed by atoms with van der Waals surface area (Å²) in [4.78, 5) is 0. The van der Waals surface area contributed by atoms with Gasteiger partial charge in [-0.05, 0) is 29.8 Å². The maximum atomic E-state index is 5.39. The number of quaternary nitrogens is 1. The quantitative estimate of drug-likeness (QED) is 0.714. The van der Waals surface area contributed by atoms with Gasteiger partial charge in [0.25, 0.3) is 0 Å². The van der Waals surface area contributed by atoms with Crippen molar-refractivity contribution >= 4 is 0 Å². The van der Waals surface area contributed by atoms with E-state index in [1.165, 1.54) is 5.56 Å². The first-order valence-corrected chi connectivity index (χ1v) is 7.95. The van der Waals surface area contributed by atoms with Crippen LogP contribution in [-0.4, -0.2) is 35.0 Å². The van der Waals surface area contributed by atoms with Gasteiger partial charge >= 0.3 is 0 Å². The summed E-state index contributed by atoms with van der Waals surface area (Å²) in [7, 11) is 6.56. The zero-order valence-electron chi connectivity index (χ0n) is 14.8. The van der Waals surface area contributed by atoms with Gasteiger partial charge in [-0.2, -0.15) is 0 Å². The van der Waals surface area contributed by atoms with Gasteiger partial charge in [0.15, 0.2) is 11.5 Å². The zero-order chi connectivity index (χ0) is 17.4. The normalized spacial score (nSPS) is 10.3. The standard InChI is InChI=1S/C19H25NO4/c1-21-16-7-5-14(6-8-16)9-10-20-13-15-11-17(22-2)19(24-4)18(12-15)23-3/h5-8,11-12,20H,9-10,13H2,1-4H3/p+1. The summed E-state index contributed by atoms with van der Waals surface area (Å²) in [6.45, 7) is 1.86. The molecule has 0 aliphatic carbocycles. The Morgan fingerprint density at radius 2 is 1.38 bits per heavy atom. The van der Waals surface area contributed by atoms with E-state index in [1.54, 1.807) is 28.4 Å². The molecule has 5 heteroatoms. The summed E-state index contributed by atoms with van der Waals surface area (Å²) in [6.07, 6.45) is 1.01. The Balaban J connectivity index is 1.91. The van der Waals surface area contributed by atoms with Crippen LogP contribution in [0.2, 0.25) is 0 Å². The monoisotopic (exact) mass is 332 g/mol. The second-order valence-electron chi connectivity index (χ2n) is 5.41. The van der Waals surface area contributed by atoms with E-state index in [9.17, 15) is 0 Å². The van der Waals surface area contributed by atoms with Crippen LogP contribution in [0.1, 0.15) is 11.1 Å². The SMILES string of the molecule is COc1ccc(CC[NH2+]Cc2cc(OC)c(OC)c(OC)c2)cc1. The lowest BCUT2D eigenvalue weighted by atomic mass is 10.1. The van der Waals surface area contributed by atoms with E-state index < -0.39 is 0 Å². The molecule has 5 nitrogen and oxygen atoms in total. The Kier molecular flexibility index (Phi) is 6.75. The fourth-order valence-corrected chi connectivity index (χ4v) is 2.58. The van der Waals surface area contributed by atoms with Crippen LogP contribution < -0.4 is 24.3 Å². The van der Waals surface area contributed by atoms with E-state index >= 15 is 0 Å². The molecule has 2 rings (SSSR count). The van der Waals surface area contributed by atoms with Crippen LogP contribution >= 0.6 is 0 Å². The molecule has 0 aliphatic rings. The summed E-state index contributed by atoms with van der Waals surface area (Å²) < 4.78 is 21.3. The molecular formula is C19H26NO4+. The number of ether oxygens (including phenoxy) is 4. The maximum absolute atomic E-state index is 5.39. The summed E-state index contributed by atoms with van der Waals surface area (Å²) in [5, 5.41) is 2.27. The van der Waals surface area contributed by atoms with Crippen molar-refractivity contribution in [3.05, 3.63) is 47.5 Å². The van der Waals surface area contributed by atoms with E-state index in [0.717, 1.165) is 30.8 Å². The molecule has 0 spiro atoms. The maximum Gasteiger partial charge on any atom is 0.203 e. The molecule has 2 aromatic carbocycles. The first-order chi connectivity index (χ1) is 11.7. The summed E-state index contributed by atoms with van der Waals surface area (Å²) in [5.41, 5.74) is 2.44. The number of nitrogens with two attached hydrogens (primary N) is 1. The minimum absolute atomic E-state index is 0.627. The molecule has 0 saturated heterocycles. The Morgan fingerprint density at radius 1 is 0.750 bits per heavy atom. The first-order valence-electron chi connectivity index (χ1n) is 7.95. The highest BCUT2D eigenvalue weighted by atomic mass is 16.5. The molecule has 130 valence electrons. The molecule has 0 unspecified atom stereocenters. The van der Waals surface area contributed by atoms with Gasteiger partial charge in [0.1, 0.15) is 12.3 Å². The van der Waals surface area contributed by atoms with E-state index in [0.29, 0.717) is 17.2 Å². The van der Waals surface area contributed by atoms with Gasteiger partial charge in [0.2, 0.25) is 5.75 Å². The van der Waals surface area contributed by atoms with Crippen molar-refractivity contribution in [3.8, 4) is 23.0 Å². The Hall–Kier alpha value is -2.40. The highest BCUT2D eigenvalue weighted by Crippen LogP contribution is 2.37. The second-order valence-corrected chi connectivity index (χ2v) is 5.41. The van der Waals surface area contributed by atoms with E-state index in [2.05, 4.69) is 17.4 Å². The molecule has 0 radical (unpaired) electrons. The molecule has 0 heterocycles. The topological polar surface area (TPSA) is 53.5 Å². The molecule has 0 atom stereocenters. The van der Waals surface area contributed by atoms with Crippen LogP contribution in [0.25, 0.3) is 0 Å².